The minimum absolute atomic E-state index is 0.0117. The van der Waals surface area contributed by atoms with Crippen molar-refractivity contribution in [2.24, 2.45) is 0 Å². The SMILES string of the molecule is CC(C)(C)OC(=O)NCCCNC(=O)c1ccc(C[C@H](NC(=O)OCC2c3ccccc3-c3ccccc32)C(=O)O)cc1. The van der Waals surface area contributed by atoms with E-state index >= 15 is 0 Å². The standard InChI is InChI=1S/C33H37N3O7/c1-33(2,3)43-31(40)35-18-8-17-34-29(37)22-15-13-21(14-16-22)19-28(30(38)39)36-32(41)42-20-27-25-11-6-4-9-23(25)24-10-5-7-12-26(24)27/h4-7,9-16,27-28H,8,17-20H2,1-3H3,(H,34,37)(H,35,40)(H,36,41)(H,38,39)/t28-/m0/s1. The van der Waals surface area contributed by atoms with Crippen LogP contribution in [0.3, 0.4) is 0 Å². The van der Waals surface area contributed by atoms with Gasteiger partial charge in [0.1, 0.15) is 18.2 Å². The van der Waals surface area contributed by atoms with Gasteiger partial charge >= 0.3 is 18.2 Å². The number of carboxylic acids is 1. The van der Waals surface area contributed by atoms with Crippen LogP contribution in [0, 0.1) is 0 Å². The van der Waals surface area contributed by atoms with E-state index in [1.807, 2.05) is 48.5 Å². The zero-order chi connectivity index (χ0) is 31.0. The van der Waals surface area contributed by atoms with E-state index in [1.54, 1.807) is 45.0 Å². The number of carboxylic acid groups (broad SMARTS) is 1. The average molecular weight is 588 g/mol. The Morgan fingerprint density at radius 3 is 1.98 bits per heavy atom. The molecule has 0 saturated heterocycles. The highest BCUT2D eigenvalue weighted by Gasteiger charge is 2.30. The Balaban J connectivity index is 1.24. The van der Waals surface area contributed by atoms with E-state index in [9.17, 15) is 24.3 Å². The summed E-state index contributed by atoms with van der Waals surface area (Å²) in [7, 11) is 0. The number of carbonyl (C=O) groups excluding carboxylic acids is 3. The van der Waals surface area contributed by atoms with Crippen LogP contribution in [0.4, 0.5) is 9.59 Å². The van der Waals surface area contributed by atoms with Gasteiger partial charge in [-0.3, -0.25) is 4.79 Å². The summed E-state index contributed by atoms with van der Waals surface area (Å²) in [6, 6.07) is 21.2. The number of aliphatic carboxylic acids is 1. The van der Waals surface area contributed by atoms with Crippen molar-refractivity contribution in [3.8, 4) is 11.1 Å². The number of carbonyl (C=O) groups is 4. The third kappa shape index (κ3) is 8.57. The molecule has 0 spiro atoms. The van der Waals surface area contributed by atoms with E-state index in [0.717, 1.165) is 22.3 Å². The fourth-order valence-electron chi connectivity index (χ4n) is 4.91. The van der Waals surface area contributed by atoms with Crippen LogP contribution in [-0.4, -0.2) is 60.5 Å². The molecule has 0 unspecified atom stereocenters. The third-order valence-electron chi connectivity index (χ3n) is 6.90. The monoisotopic (exact) mass is 587 g/mol. The first-order chi connectivity index (χ1) is 20.5. The molecule has 1 atom stereocenters. The molecule has 3 aromatic carbocycles. The van der Waals surface area contributed by atoms with E-state index in [1.165, 1.54) is 0 Å². The van der Waals surface area contributed by atoms with Gasteiger partial charge in [-0.2, -0.15) is 0 Å². The summed E-state index contributed by atoms with van der Waals surface area (Å²) in [5, 5.41) is 17.6. The first-order valence-corrected chi connectivity index (χ1v) is 14.2. The molecule has 226 valence electrons. The van der Waals surface area contributed by atoms with Crippen LogP contribution in [0.15, 0.2) is 72.8 Å². The molecule has 4 N–H and O–H groups in total. The van der Waals surface area contributed by atoms with Crippen molar-refractivity contribution in [3.05, 3.63) is 95.1 Å². The van der Waals surface area contributed by atoms with Gasteiger partial charge in [0.25, 0.3) is 5.91 Å². The first-order valence-electron chi connectivity index (χ1n) is 14.2. The van der Waals surface area contributed by atoms with E-state index < -0.39 is 29.8 Å². The van der Waals surface area contributed by atoms with Crippen molar-refractivity contribution >= 4 is 24.1 Å². The summed E-state index contributed by atoms with van der Waals surface area (Å²) in [4.78, 5) is 48.7. The summed E-state index contributed by atoms with van der Waals surface area (Å²) in [6.45, 7) is 6.11. The van der Waals surface area contributed by atoms with Gasteiger partial charge in [0.05, 0.1) is 0 Å². The predicted molar refractivity (Wildman–Crippen MR) is 161 cm³/mol. The molecule has 0 saturated carbocycles. The van der Waals surface area contributed by atoms with Gasteiger partial charge in [-0.15, -0.1) is 0 Å². The number of ether oxygens (including phenoxy) is 2. The number of alkyl carbamates (subject to hydrolysis) is 2. The summed E-state index contributed by atoms with van der Waals surface area (Å²) in [5.41, 5.74) is 4.78. The Labute approximate surface area is 250 Å². The Hall–Kier alpha value is -4.86. The number of nitrogens with one attached hydrogen (secondary N) is 3. The highest BCUT2D eigenvalue weighted by atomic mass is 16.6. The fraction of sp³-hybridized carbons (Fsp3) is 0.333. The van der Waals surface area contributed by atoms with Crippen LogP contribution >= 0.6 is 0 Å². The minimum atomic E-state index is -1.21. The second kappa shape index (κ2) is 13.9. The van der Waals surface area contributed by atoms with Gasteiger partial charge in [0, 0.05) is 31.0 Å². The molecular weight excluding hydrogens is 550 g/mol. The largest absolute Gasteiger partial charge is 0.480 e. The van der Waals surface area contributed by atoms with Gasteiger partial charge in [-0.05, 0) is 67.1 Å². The smallest absolute Gasteiger partial charge is 0.407 e. The molecule has 3 amide bonds. The molecule has 43 heavy (non-hydrogen) atoms. The van der Waals surface area contributed by atoms with Gasteiger partial charge in [-0.25, -0.2) is 14.4 Å². The number of rotatable bonds is 11. The molecule has 0 radical (unpaired) electrons. The maximum atomic E-state index is 12.6. The van der Waals surface area contributed by atoms with Crippen LogP contribution in [-0.2, 0) is 20.7 Å². The van der Waals surface area contributed by atoms with E-state index in [2.05, 4.69) is 16.0 Å². The van der Waals surface area contributed by atoms with E-state index in [4.69, 9.17) is 9.47 Å². The van der Waals surface area contributed by atoms with Crippen LogP contribution in [0.2, 0.25) is 0 Å². The number of fused-ring (bicyclic) bond motifs is 3. The molecule has 0 aromatic heterocycles. The molecule has 0 aliphatic heterocycles. The lowest BCUT2D eigenvalue weighted by Gasteiger charge is -2.19. The molecule has 1 aliphatic rings. The van der Waals surface area contributed by atoms with Gasteiger partial charge in [-0.1, -0.05) is 60.7 Å². The zero-order valence-corrected chi connectivity index (χ0v) is 24.5. The second-order valence-electron chi connectivity index (χ2n) is 11.3. The van der Waals surface area contributed by atoms with Crippen molar-refractivity contribution in [1.82, 2.24) is 16.0 Å². The number of benzene rings is 3. The molecule has 1 aliphatic carbocycles. The quantitative estimate of drug-likeness (QED) is 0.235. The lowest BCUT2D eigenvalue weighted by atomic mass is 9.98. The van der Waals surface area contributed by atoms with Crippen molar-refractivity contribution in [3.63, 3.8) is 0 Å². The van der Waals surface area contributed by atoms with Crippen molar-refractivity contribution in [2.45, 2.75) is 51.2 Å². The number of hydrogen-bond acceptors (Lipinski definition) is 6. The molecule has 0 heterocycles. The Morgan fingerprint density at radius 1 is 0.814 bits per heavy atom. The highest BCUT2D eigenvalue weighted by Crippen LogP contribution is 2.44. The molecule has 0 bridgehead atoms. The number of hydrogen-bond donors (Lipinski definition) is 4. The summed E-state index contributed by atoms with van der Waals surface area (Å²) in [6.07, 6.45) is -0.795. The van der Waals surface area contributed by atoms with Crippen LogP contribution < -0.4 is 16.0 Å². The molecular formula is C33H37N3O7. The van der Waals surface area contributed by atoms with Crippen LogP contribution in [0.25, 0.3) is 11.1 Å². The predicted octanol–water partition coefficient (Wildman–Crippen LogP) is 4.87. The Kier molecular flexibility index (Phi) is 10.0. The third-order valence-corrected chi connectivity index (χ3v) is 6.90. The fourth-order valence-corrected chi connectivity index (χ4v) is 4.91. The topological polar surface area (TPSA) is 143 Å². The molecule has 10 heteroatoms. The second-order valence-corrected chi connectivity index (χ2v) is 11.3. The van der Waals surface area contributed by atoms with E-state index in [-0.39, 0.29) is 24.9 Å². The number of amides is 3. The summed E-state index contributed by atoms with van der Waals surface area (Å²) < 4.78 is 10.7. The lowest BCUT2D eigenvalue weighted by Crippen LogP contribution is -2.42. The maximum Gasteiger partial charge on any atom is 0.407 e. The molecule has 4 rings (SSSR count). The van der Waals surface area contributed by atoms with Crippen molar-refractivity contribution in [2.75, 3.05) is 19.7 Å². The van der Waals surface area contributed by atoms with Gasteiger partial charge in [0.2, 0.25) is 0 Å². The molecule has 0 fully saturated rings. The molecule has 3 aromatic rings. The first kappa shape index (κ1) is 31.1. The average Bonchev–Trinajstić information content (AvgIpc) is 3.28. The van der Waals surface area contributed by atoms with Crippen molar-refractivity contribution < 1.29 is 33.8 Å². The zero-order valence-electron chi connectivity index (χ0n) is 24.5. The minimum Gasteiger partial charge on any atom is -0.480 e. The van der Waals surface area contributed by atoms with Crippen LogP contribution in [0.1, 0.15) is 60.2 Å². The normalized spacial score (nSPS) is 12.8. The summed E-state index contributed by atoms with van der Waals surface area (Å²) >= 11 is 0. The lowest BCUT2D eigenvalue weighted by molar-refractivity contribution is -0.139. The van der Waals surface area contributed by atoms with Gasteiger partial charge < -0.3 is 30.5 Å². The highest BCUT2D eigenvalue weighted by molar-refractivity contribution is 5.94. The van der Waals surface area contributed by atoms with E-state index in [0.29, 0.717) is 30.6 Å². The van der Waals surface area contributed by atoms with Gasteiger partial charge in [0.15, 0.2) is 0 Å². The molecule has 10 nitrogen and oxygen atoms in total. The Bertz CT molecular complexity index is 1420. The van der Waals surface area contributed by atoms with Crippen LogP contribution in [0.5, 0.6) is 0 Å². The Morgan fingerprint density at radius 2 is 1.40 bits per heavy atom. The summed E-state index contributed by atoms with van der Waals surface area (Å²) in [5.74, 6) is -1.63. The van der Waals surface area contributed by atoms with Crippen molar-refractivity contribution in [1.29, 1.82) is 0 Å². The maximum absolute atomic E-state index is 12.6.